The number of amides is 3. The Hall–Kier alpha value is -3.82. The van der Waals surface area contributed by atoms with Crippen LogP contribution >= 0.6 is 0 Å². The van der Waals surface area contributed by atoms with Gasteiger partial charge in [-0.1, -0.05) is 0 Å². The van der Waals surface area contributed by atoms with Gasteiger partial charge < -0.3 is 29.3 Å². The Morgan fingerprint density at radius 2 is 1.39 bits per heavy atom. The summed E-state index contributed by atoms with van der Waals surface area (Å²) in [6.45, 7) is 1.19. The van der Waals surface area contributed by atoms with Crippen LogP contribution in [0.4, 0.5) is 4.39 Å². The molecule has 0 spiro atoms. The molecule has 1 fully saturated rings. The highest BCUT2D eigenvalue weighted by molar-refractivity contribution is 5.98. The number of ether oxygens (including phenoxy) is 3. The summed E-state index contributed by atoms with van der Waals surface area (Å²) < 4.78 is 28.8. The van der Waals surface area contributed by atoms with E-state index in [1.54, 1.807) is 9.80 Å². The molecule has 1 aliphatic heterocycles. The lowest BCUT2D eigenvalue weighted by atomic mass is 10.1. The number of methoxy groups -OCH3 is 3. The van der Waals surface area contributed by atoms with Gasteiger partial charge in [0.1, 0.15) is 5.82 Å². The zero-order valence-corrected chi connectivity index (χ0v) is 18.7. The molecule has 0 saturated carbocycles. The molecule has 3 amide bonds. The molecule has 1 aliphatic rings. The summed E-state index contributed by atoms with van der Waals surface area (Å²) in [4.78, 5) is 40.9. The number of hydrogen-bond donors (Lipinski definition) is 1. The van der Waals surface area contributed by atoms with Crippen LogP contribution in [0.5, 0.6) is 17.2 Å². The zero-order valence-electron chi connectivity index (χ0n) is 18.7. The Bertz CT molecular complexity index is 994. The minimum atomic E-state index is -0.465. The molecule has 10 heteroatoms. The molecular weight excluding hydrogens is 433 g/mol. The quantitative estimate of drug-likeness (QED) is 0.675. The van der Waals surface area contributed by atoms with Crippen molar-refractivity contribution in [1.29, 1.82) is 0 Å². The van der Waals surface area contributed by atoms with Gasteiger partial charge in [-0.15, -0.1) is 0 Å². The van der Waals surface area contributed by atoms with Crippen molar-refractivity contribution in [3.8, 4) is 17.2 Å². The van der Waals surface area contributed by atoms with E-state index in [9.17, 15) is 18.8 Å². The van der Waals surface area contributed by atoms with Crippen LogP contribution in [0.3, 0.4) is 0 Å². The van der Waals surface area contributed by atoms with Gasteiger partial charge >= 0.3 is 0 Å². The Labute approximate surface area is 191 Å². The lowest BCUT2D eigenvalue weighted by molar-refractivity contribution is -0.131. The molecular formula is C23H26FN3O6. The molecule has 0 aromatic heterocycles. The molecule has 0 atom stereocenters. The van der Waals surface area contributed by atoms with Crippen LogP contribution in [-0.4, -0.2) is 81.6 Å². The predicted octanol–water partition coefficient (Wildman–Crippen LogP) is 1.57. The van der Waals surface area contributed by atoms with E-state index in [4.69, 9.17) is 14.2 Å². The predicted molar refractivity (Wildman–Crippen MR) is 117 cm³/mol. The maximum absolute atomic E-state index is 13.1. The number of rotatable bonds is 7. The number of halogens is 1. The van der Waals surface area contributed by atoms with Gasteiger partial charge in [0.2, 0.25) is 11.7 Å². The maximum atomic E-state index is 13.1. The molecule has 0 unspecified atom stereocenters. The molecule has 9 nitrogen and oxygen atoms in total. The molecule has 2 aromatic carbocycles. The van der Waals surface area contributed by atoms with Gasteiger partial charge in [0.15, 0.2) is 11.5 Å². The molecule has 176 valence electrons. The van der Waals surface area contributed by atoms with Crippen molar-refractivity contribution >= 4 is 17.7 Å². The molecule has 33 heavy (non-hydrogen) atoms. The van der Waals surface area contributed by atoms with Crippen molar-refractivity contribution in [2.75, 3.05) is 54.1 Å². The number of nitrogens with one attached hydrogen (secondary N) is 1. The monoisotopic (exact) mass is 459 g/mol. The standard InChI is InChI=1S/C23H26FN3O6/c1-31-18-12-16(13-19(32-2)21(18)33-3)22(29)25-14-20(28)26-8-10-27(11-9-26)23(30)15-4-6-17(24)7-5-15/h4-7,12-13H,8-11,14H2,1-3H3,(H,25,29). The number of piperazine rings is 1. The van der Waals surface area contributed by atoms with Gasteiger partial charge in [0.25, 0.3) is 11.8 Å². The first kappa shape index (κ1) is 23.8. The number of hydrogen-bond acceptors (Lipinski definition) is 6. The van der Waals surface area contributed by atoms with E-state index in [0.717, 1.165) is 0 Å². The highest BCUT2D eigenvalue weighted by atomic mass is 19.1. The topological polar surface area (TPSA) is 97.4 Å². The van der Waals surface area contributed by atoms with Crippen molar-refractivity contribution in [3.05, 3.63) is 53.3 Å². The first-order valence-electron chi connectivity index (χ1n) is 10.3. The normalized spacial score (nSPS) is 13.3. The first-order valence-corrected chi connectivity index (χ1v) is 10.3. The molecule has 1 saturated heterocycles. The summed E-state index contributed by atoms with van der Waals surface area (Å²) in [7, 11) is 4.36. The van der Waals surface area contributed by atoms with Crippen LogP contribution in [0.25, 0.3) is 0 Å². The number of nitrogens with zero attached hydrogens (tertiary/aromatic N) is 2. The minimum Gasteiger partial charge on any atom is -0.493 e. The molecule has 0 aliphatic carbocycles. The fourth-order valence-electron chi connectivity index (χ4n) is 3.52. The van der Waals surface area contributed by atoms with Gasteiger partial charge in [-0.05, 0) is 36.4 Å². The fourth-order valence-corrected chi connectivity index (χ4v) is 3.52. The summed E-state index contributed by atoms with van der Waals surface area (Å²) in [6, 6.07) is 8.36. The third-order valence-corrected chi connectivity index (χ3v) is 5.34. The second-order valence-corrected chi connectivity index (χ2v) is 7.28. The SMILES string of the molecule is COc1cc(C(=O)NCC(=O)N2CCN(C(=O)c3ccc(F)cc3)CC2)cc(OC)c1OC. The highest BCUT2D eigenvalue weighted by Gasteiger charge is 2.25. The number of benzene rings is 2. The summed E-state index contributed by atoms with van der Waals surface area (Å²) in [5.41, 5.74) is 0.654. The molecule has 1 heterocycles. The van der Waals surface area contributed by atoms with Crippen molar-refractivity contribution in [1.82, 2.24) is 15.1 Å². The second-order valence-electron chi connectivity index (χ2n) is 7.28. The van der Waals surface area contributed by atoms with E-state index >= 15 is 0 Å². The minimum absolute atomic E-state index is 0.193. The molecule has 2 aromatic rings. The zero-order chi connectivity index (χ0) is 24.0. The highest BCUT2D eigenvalue weighted by Crippen LogP contribution is 2.38. The third kappa shape index (κ3) is 5.51. The molecule has 0 radical (unpaired) electrons. The average molecular weight is 459 g/mol. The van der Waals surface area contributed by atoms with E-state index in [1.807, 2.05) is 0 Å². The van der Waals surface area contributed by atoms with Gasteiger partial charge in [0.05, 0.1) is 27.9 Å². The van der Waals surface area contributed by atoms with Crippen molar-refractivity contribution in [3.63, 3.8) is 0 Å². The maximum Gasteiger partial charge on any atom is 0.253 e. The summed E-state index contributed by atoms with van der Waals surface area (Å²) in [5, 5.41) is 2.60. The van der Waals surface area contributed by atoms with E-state index in [2.05, 4.69) is 5.32 Å². The van der Waals surface area contributed by atoms with E-state index < -0.39 is 11.7 Å². The second kappa shape index (κ2) is 10.7. The van der Waals surface area contributed by atoms with Crippen LogP contribution in [0, 0.1) is 5.82 Å². The van der Waals surface area contributed by atoms with Gasteiger partial charge in [0, 0.05) is 37.3 Å². The lowest BCUT2D eigenvalue weighted by Crippen LogP contribution is -2.52. The van der Waals surface area contributed by atoms with E-state index in [0.29, 0.717) is 49.0 Å². The van der Waals surface area contributed by atoms with Gasteiger partial charge in [-0.2, -0.15) is 0 Å². The van der Waals surface area contributed by atoms with E-state index in [1.165, 1.54) is 57.7 Å². The molecule has 3 rings (SSSR count). The molecule has 0 bridgehead atoms. The number of carbonyl (C=O) groups is 3. The van der Waals surface area contributed by atoms with Crippen LogP contribution in [0.1, 0.15) is 20.7 Å². The van der Waals surface area contributed by atoms with Crippen molar-refractivity contribution < 1.29 is 33.0 Å². The third-order valence-electron chi connectivity index (χ3n) is 5.34. The van der Waals surface area contributed by atoms with Crippen LogP contribution in [-0.2, 0) is 4.79 Å². The van der Waals surface area contributed by atoms with Crippen LogP contribution in [0.15, 0.2) is 36.4 Å². The molecule has 1 N–H and O–H groups in total. The Morgan fingerprint density at radius 3 is 1.91 bits per heavy atom. The first-order chi connectivity index (χ1) is 15.9. The smallest absolute Gasteiger partial charge is 0.253 e. The van der Waals surface area contributed by atoms with Crippen LogP contribution in [0.2, 0.25) is 0 Å². The van der Waals surface area contributed by atoms with E-state index in [-0.39, 0.29) is 23.9 Å². The van der Waals surface area contributed by atoms with Gasteiger partial charge in [-0.3, -0.25) is 14.4 Å². The van der Waals surface area contributed by atoms with Gasteiger partial charge in [-0.25, -0.2) is 4.39 Å². The number of carbonyl (C=O) groups excluding carboxylic acids is 3. The fraction of sp³-hybridized carbons (Fsp3) is 0.348. The summed E-state index contributed by atoms with van der Waals surface area (Å²) >= 11 is 0. The largest absolute Gasteiger partial charge is 0.493 e. The summed E-state index contributed by atoms with van der Waals surface area (Å²) in [6.07, 6.45) is 0. The van der Waals surface area contributed by atoms with Crippen molar-refractivity contribution in [2.45, 2.75) is 0 Å². The Kier molecular flexibility index (Phi) is 7.70. The Balaban J connectivity index is 1.54. The van der Waals surface area contributed by atoms with Crippen molar-refractivity contribution in [2.24, 2.45) is 0 Å². The average Bonchev–Trinajstić information content (AvgIpc) is 2.86. The summed E-state index contributed by atoms with van der Waals surface area (Å²) in [5.74, 6) is -0.322. The lowest BCUT2D eigenvalue weighted by Gasteiger charge is -2.34. The van der Waals surface area contributed by atoms with Crippen LogP contribution < -0.4 is 19.5 Å². The Morgan fingerprint density at radius 1 is 0.848 bits per heavy atom.